The molecule has 3 N–H and O–H groups in total. The third kappa shape index (κ3) is 8.00. The van der Waals surface area contributed by atoms with Crippen molar-refractivity contribution < 1.29 is 38.1 Å². The predicted octanol–water partition coefficient (Wildman–Crippen LogP) is 3.26. The van der Waals surface area contributed by atoms with Crippen LogP contribution >= 0.6 is 11.3 Å². The van der Waals surface area contributed by atoms with Crippen molar-refractivity contribution in [3.8, 4) is 16.2 Å². The first-order valence-corrected chi connectivity index (χ1v) is 16.4. The molecular weight excluding hydrogens is 603 g/mol. The number of benzene rings is 1. The minimum atomic E-state index is -1.95. The second-order valence-electron chi connectivity index (χ2n) is 13.1. The maximum absolute atomic E-state index is 14.5. The summed E-state index contributed by atoms with van der Waals surface area (Å²) in [5.74, 6) is -1.17. The summed E-state index contributed by atoms with van der Waals surface area (Å²) in [6.45, 7) is 8.92. The summed E-state index contributed by atoms with van der Waals surface area (Å²) in [5.41, 5.74) is 1.70. The van der Waals surface area contributed by atoms with Crippen LogP contribution in [0.1, 0.15) is 64.1 Å². The number of carbonyl (C=O) groups excluding carboxylic acids is 3. The Kier molecular flexibility index (Phi) is 10.1. The Morgan fingerprint density at radius 2 is 1.98 bits per heavy atom. The van der Waals surface area contributed by atoms with Crippen molar-refractivity contribution in [1.82, 2.24) is 20.5 Å². The molecule has 13 heteroatoms. The molecule has 2 aliphatic heterocycles. The number of hydrogen-bond donors (Lipinski definition) is 3. The van der Waals surface area contributed by atoms with Gasteiger partial charge in [-0.05, 0) is 43.2 Å². The fraction of sp³-hybridized carbons (Fsp3) is 0.625. The molecule has 3 atom stereocenters. The SMILES string of the molecule is Cc1ncsc1-c1ccc(CNC(=O)[C@@H]2C[C@@H](O)CN2C(=O)[C@@H](NC(=O)C2(F)CC2)C(C)(C)C)c(OCCCC2OCCO2)c1. The summed E-state index contributed by atoms with van der Waals surface area (Å²) in [5, 5.41) is 16.0. The average Bonchev–Trinajstić information content (AvgIpc) is 3.35. The van der Waals surface area contributed by atoms with Gasteiger partial charge in [0.05, 0.1) is 42.0 Å². The van der Waals surface area contributed by atoms with Gasteiger partial charge in [-0.1, -0.05) is 32.9 Å². The molecule has 2 saturated heterocycles. The first kappa shape index (κ1) is 33.2. The molecule has 45 heavy (non-hydrogen) atoms. The van der Waals surface area contributed by atoms with E-state index in [9.17, 15) is 23.9 Å². The van der Waals surface area contributed by atoms with Crippen molar-refractivity contribution in [3.05, 3.63) is 35.0 Å². The quantitative estimate of drug-likeness (QED) is 0.299. The summed E-state index contributed by atoms with van der Waals surface area (Å²) in [6, 6.07) is 3.77. The van der Waals surface area contributed by atoms with Crippen LogP contribution in [-0.2, 0) is 30.4 Å². The van der Waals surface area contributed by atoms with Gasteiger partial charge >= 0.3 is 0 Å². The van der Waals surface area contributed by atoms with E-state index in [-0.39, 0.29) is 38.6 Å². The highest BCUT2D eigenvalue weighted by Gasteiger charge is 2.53. The highest BCUT2D eigenvalue weighted by atomic mass is 32.1. The largest absolute Gasteiger partial charge is 0.493 e. The van der Waals surface area contributed by atoms with Crippen LogP contribution in [0.3, 0.4) is 0 Å². The van der Waals surface area contributed by atoms with Gasteiger partial charge in [-0.15, -0.1) is 11.3 Å². The third-order valence-electron chi connectivity index (χ3n) is 8.41. The van der Waals surface area contributed by atoms with E-state index in [0.29, 0.717) is 38.4 Å². The highest BCUT2D eigenvalue weighted by molar-refractivity contribution is 7.13. The van der Waals surface area contributed by atoms with E-state index < -0.39 is 47.0 Å². The van der Waals surface area contributed by atoms with E-state index in [1.807, 2.05) is 25.1 Å². The van der Waals surface area contributed by atoms with Gasteiger partial charge in [0.15, 0.2) is 12.0 Å². The molecule has 3 fully saturated rings. The van der Waals surface area contributed by atoms with E-state index in [1.165, 1.54) is 16.2 Å². The Labute approximate surface area is 266 Å². The topological polar surface area (TPSA) is 139 Å². The smallest absolute Gasteiger partial charge is 0.258 e. The number of rotatable bonds is 12. The first-order chi connectivity index (χ1) is 21.4. The summed E-state index contributed by atoms with van der Waals surface area (Å²) in [7, 11) is 0. The summed E-state index contributed by atoms with van der Waals surface area (Å²) in [6.07, 6.45) is 0.583. The van der Waals surface area contributed by atoms with Gasteiger partial charge in [-0.2, -0.15) is 0 Å². The standard InChI is InChI=1S/C32H43FN4O7S/c1-19-26(45-18-35-19)20-7-8-21(24(14-20)42-11-5-6-25-43-12-13-44-25)16-34-28(39)23-15-22(38)17-37(23)29(40)27(31(2,3)4)36-30(41)32(33)9-10-32/h7-8,14,18,22-23,25,27,38H,5-6,9-13,15-17H2,1-4H3,(H,34,39)(H,36,41)/t22-,23+,27-/m1/s1. The summed E-state index contributed by atoms with van der Waals surface area (Å²) >= 11 is 1.54. The number of aromatic nitrogens is 1. The van der Waals surface area contributed by atoms with Crippen molar-refractivity contribution in [2.45, 2.75) is 96.5 Å². The normalized spacial score (nSPS) is 21.9. The van der Waals surface area contributed by atoms with Crippen LogP contribution in [0, 0.1) is 12.3 Å². The molecule has 3 amide bonds. The van der Waals surface area contributed by atoms with Gasteiger partial charge in [-0.3, -0.25) is 14.4 Å². The van der Waals surface area contributed by atoms with Gasteiger partial charge in [0, 0.05) is 31.5 Å². The van der Waals surface area contributed by atoms with Gasteiger partial charge in [0.1, 0.15) is 17.8 Å². The predicted molar refractivity (Wildman–Crippen MR) is 165 cm³/mol. The fourth-order valence-electron chi connectivity index (χ4n) is 5.58. The van der Waals surface area contributed by atoms with Crippen LogP contribution < -0.4 is 15.4 Å². The zero-order valence-corrected chi connectivity index (χ0v) is 27.1. The van der Waals surface area contributed by atoms with E-state index in [1.54, 1.807) is 26.3 Å². The molecule has 1 aliphatic carbocycles. The number of amides is 3. The summed E-state index contributed by atoms with van der Waals surface area (Å²) < 4.78 is 31.7. The number of carbonyl (C=O) groups is 3. The fourth-order valence-corrected chi connectivity index (χ4v) is 6.38. The van der Waals surface area contributed by atoms with Crippen LogP contribution in [0.2, 0.25) is 0 Å². The molecule has 2 aromatic rings. The zero-order valence-electron chi connectivity index (χ0n) is 26.3. The molecule has 1 aromatic heterocycles. The first-order valence-electron chi connectivity index (χ1n) is 15.5. The molecule has 0 unspecified atom stereocenters. The zero-order chi connectivity index (χ0) is 32.4. The lowest BCUT2D eigenvalue weighted by molar-refractivity contribution is -0.145. The molecule has 1 aromatic carbocycles. The van der Waals surface area contributed by atoms with Crippen LogP contribution in [0.15, 0.2) is 23.7 Å². The Balaban J connectivity index is 1.27. The van der Waals surface area contributed by atoms with Gasteiger partial charge in [-0.25, -0.2) is 9.37 Å². The maximum atomic E-state index is 14.5. The number of aliphatic hydroxyl groups excluding tert-OH is 1. The number of hydrogen-bond acceptors (Lipinski definition) is 9. The number of likely N-dealkylation sites (tertiary alicyclic amines) is 1. The lowest BCUT2D eigenvalue weighted by Gasteiger charge is -2.35. The van der Waals surface area contributed by atoms with Gasteiger partial charge < -0.3 is 34.9 Å². The lowest BCUT2D eigenvalue weighted by atomic mass is 9.85. The number of aryl methyl sites for hydroxylation is 1. The average molecular weight is 647 g/mol. The van der Waals surface area contributed by atoms with Gasteiger partial charge in [0.2, 0.25) is 11.8 Å². The van der Waals surface area contributed by atoms with Crippen LogP contribution in [0.25, 0.3) is 10.4 Å². The number of aliphatic hydroxyl groups is 1. The molecule has 0 bridgehead atoms. The van der Waals surface area contributed by atoms with Crippen LogP contribution in [0.4, 0.5) is 4.39 Å². The number of thiazole rings is 1. The molecule has 0 radical (unpaired) electrons. The lowest BCUT2D eigenvalue weighted by Crippen LogP contribution is -2.59. The Morgan fingerprint density at radius 1 is 1.24 bits per heavy atom. The molecule has 1 saturated carbocycles. The van der Waals surface area contributed by atoms with Crippen molar-refractivity contribution in [3.63, 3.8) is 0 Å². The second kappa shape index (κ2) is 13.7. The number of halogens is 1. The van der Waals surface area contributed by atoms with Crippen molar-refractivity contribution >= 4 is 29.1 Å². The van der Waals surface area contributed by atoms with E-state index in [0.717, 1.165) is 21.7 Å². The van der Waals surface area contributed by atoms with E-state index in [4.69, 9.17) is 14.2 Å². The summed E-state index contributed by atoms with van der Waals surface area (Å²) in [4.78, 5) is 46.5. The van der Waals surface area contributed by atoms with Gasteiger partial charge in [0.25, 0.3) is 5.91 Å². The number of nitrogens with zero attached hydrogens (tertiary/aromatic N) is 2. The molecule has 5 rings (SSSR count). The van der Waals surface area contributed by atoms with Crippen molar-refractivity contribution in [2.24, 2.45) is 5.41 Å². The molecule has 246 valence electrons. The Bertz CT molecular complexity index is 1390. The molecule has 0 spiro atoms. The molecule has 11 nitrogen and oxygen atoms in total. The van der Waals surface area contributed by atoms with Crippen molar-refractivity contribution in [1.29, 1.82) is 0 Å². The van der Waals surface area contributed by atoms with Crippen LogP contribution in [0.5, 0.6) is 5.75 Å². The van der Waals surface area contributed by atoms with E-state index in [2.05, 4.69) is 15.6 Å². The Hall–Kier alpha value is -3.13. The number of alkyl halides is 1. The molecule has 3 heterocycles. The number of nitrogens with one attached hydrogen (secondary N) is 2. The van der Waals surface area contributed by atoms with E-state index >= 15 is 0 Å². The molecule has 3 aliphatic rings. The van der Waals surface area contributed by atoms with Crippen molar-refractivity contribution in [2.75, 3.05) is 26.4 Å². The monoisotopic (exact) mass is 646 g/mol. The minimum Gasteiger partial charge on any atom is -0.493 e. The maximum Gasteiger partial charge on any atom is 0.258 e. The Morgan fingerprint density at radius 3 is 2.62 bits per heavy atom. The van der Waals surface area contributed by atoms with Crippen LogP contribution in [-0.4, -0.2) is 89.2 Å². The number of ether oxygens (including phenoxy) is 3. The third-order valence-corrected chi connectivity index (χ3v) is 9.39. The minimum absolute atomic E-state index is 0.0493. The number of β-amino-alcohol motifs (C(OH)–C–C–N with tert-alkyl or cyclic N) is 1. The molecular formula is C32H43FN4O7S. The second-order valence-corrected chi connectivity index (χ2v) is 14.0. The highest BCUT2D eigenvalue weighted by Crippen LogP contribution is 2.40.